The van der Waals surface area contributed by atoms with Gasteiger partial charge in [-0.1, -0.05) is 20.8 Å². The van der Waals surface area contributed by atoms with Crippen LogP contribution in [0.5, 0.6) is 0 Å². The van der Waals surface area contributed by atoms with Crippen LogP contribution in [-0.2, 0) is 13.1 Å². The molecule has 3 nitrogen and oxygen atoms in total. The van der Waals surface area contributed by atoms with E-state index in [0.717, 1.165) is 25.9 Å². The molecule has 96 valence electrons. The van der Waals surface area contributed by atoms with Crippen molar-refractivity contribution >= 4 is 0 Å². The Bertz CT molecular complexity index is 370. The summed E-state index contributed by atoms with van der Waals surface area (Å²) >= 11 is 0. The van der Waals surface area contributed by atoms with Gasteiger partial charge in [0.1, 0.15) is 0 Å². The molecule has 0 bridgehead atoms. The van der Waals surface area contributed by atoms with Gasteiger partial charge in [-0.05, 0) is 25.0 Å². The zero-order valence-electron chi connectivity index (χ0n) is 11.1. The van der Waals surface area contributed by atoms with Gasteiger partial charge in [-0.25, -0.2) is 0 Å². The molecular formula is C14H24N2O. The third-order valence-corrected chi connectivity index (χ3v) is 4.13. The third kappa shape index (κ3) is 2.40. The second-order valence-corrected chi connectivity index (χ2v) is 5.70. The van der Waals surface area contributed by atoms with Crippen LogP contribution in [0.4, 0.5) is 0 Å². The van der Waals surface area contributed by atoms with Crippen LogP contribution in [0.25, 0.3) is 0 Å². The van der Waals surface area contributed by atoms with Crippen LogP contribution >= 0.6 is 0 Å². The fraction of sp³-hybridized carbons (Fsp3) is 0.714. The zero-order valence-corrected chi connectivity index (χ0v) is 11.1. The van der Waals surface area contributed by atoms with Crippen LogP contribution in [0.2, 0.25) is 0 Å². The Kier molecular flexibility index (Phi) is 3.59. The standard InChI is InChI=1S/C14H24N2O/c1-4-7-16-8-5-6-11(16)10-15-12-9-13(17)14(12,2)3/h5-6,8,12-13,15,17H,4,7,9-10H2,1-3H3. The smallest absolute Gasteiger partial charge is 0.0621 e. The van der Waals surface area contributed by atoms with Gasteiger partial charge in [-0.15, -0.1) is 0 Å². The Hall–Kier alpha value is -0.800. The van der Waals surface area contributed by atoms with E-state index in [-0.39, 0.29) is 11.5 Å². The zero-order chi connectivity index (χ0) is 12.5. The molecular weight excluding hydrogens is 212 g/mol. The molecule has 0 aromatic carbocycles. The highest BCUT2D eigenvalue weighted by Gasteiger charge is 2.46. The Morgan fingerprint density at radius 3 is 2.88 bits per heavy atom. The van der Waals surface area contributed by atoms with Gasteiger partial charge in [0.2, 0.25) is 0 Å². The van der Waals surface area contributed by atoms with E-state index >= 15 is 0 Å². The molecule has 1 aliphatic rings. The summed E-state index contributed by atoms with van der Waals surface area (Å²) in [4.78, 5) is 0. The van der Waals surface area contributed by atoms with Crippen LogP contribution in [0.3, 0.4) is 0 Å². The first-order valence-corrected chi connectivity index (χ1v) is 6.61. The van der Waals surface area contributed by atoms with Crippen molar-refractivity contribution in [2.75, 3.05) is 0 Å². The van der Waals surface area contributed by atoms with Gasteiger partial charge < -0.3 is 15.0 Å². The molecule has 1 aromatic heterocycles. The van der Waals surface area contributed by atoms with Crippen LogP contribution < -0.4 is 5.32 Å². The number of aliphatic hydroxyl groups excluding tert-OH is 1. The summed E-state index contributed by atoms with van der Waals surface area (Å²) in [5.41, 5.74) is 1.35. The molecule has 0 spiro atoms. The van der Waals surface area contributed by atoms with Gasteiger partial charge in [0.05, 0.1) is 6.10 Å². The van der Waals surface area contributed by atoms with Gasteiger partial charge in [0, 0.05) is 36.4 Å². The molecule has 3 heteroatoms. The van der Waals surface area contributed by atoms with E-state index < -0.39 is 0 Å². The number of nitrogens with one attached hydrogen (secondary N) is 1. The van der Waals surface area contributed by atoms with Crippen molar-refractivity contribution in [3.63, 3.8) is 0 Å². The monoisotopic (exact) mass is 236 g/mol. The van der Waals surface area contributed by atoms with Gasteiger partial charge in [-0.3, -0.25) is 0 Å². The molecule has 0 saturated heterocycles. The number of aliphatic hydroxyl groups is 1. The predicted octanol–water partition coefficient (Wildman–Crippen LogP) is 2.15. The molecule has 1 aromatic rings. The minimum Gasteiger partial charge on any atom is -0.392 e. The predicted molar refractivity (Wildman–Crippen MR) is 69.8 cm³/mol. The highest BCUT2D eigenvalue weighted by molar-refractivity contribution is 5.09. The first-order chi connectivity index (χ1) is 8.05. The van der Waals surface area contributed by atoms with Crippen LogP contribution in [0.1, 0.15) is 39.3 Å². The van der Waals surface area contributed by atoms with Crippen molar-refractivity contribution in [2.24, 2.45) is 5.41 Å². The fourth-order valence-electron chi connectivity index (χ4n) is 2.55. The summed E-state index contributed by atoms with van der Waals surface area (Å²) in [5.74, 6) is 0. The topological polar surface area (TPSA) is 37.2 Å². The minimum atomic E-state index is -0.151. The van der Waals surface area contributed by atoms with Crippen LogP contribution in [0.15, 0.2) is 18.3 Å². The number of hydrogen-bond donors (Lipinski definition) is 2. The van der Waals surface area contributed by atoms with E-state index in [2.05, 4.69) is 49.0 Å². The number of aryl methyl sites for hydroxylation is 1. The van der Waals surface area contributed by atoms with Gasteiger partial charge in [-0.2, -0.15) is 0 Å². The molecule has 2 rings (SSSR count). The fourth-order valence-corrected chi connectivity index (χ4v) is 2.55. The summed E-state index contributed by atoms with van der Waals surface area (Å²) in [7, 11) is 0. The summed E-state index contributed by atoms with van der Waals surface area (Å²) in [6.07, 6.45) is 4.03. The van der Waals surface area contributed by atoms with Crippen molar-refractivity contribution in [1.82, 2.24) is 9.88 Å². The molecule has 2 unspecified atom stereocenters. The highest BCUT2D eigenvalue weighted by Crippen LogP contribution is 2.40. The Morgan fingerprint density at radius 2 is 2.29 bits per heavy atom. The van der Waals surface area contributed by atoms with Crippen molar-refractivity contribution in [3.05, 3.63) is 24.0 Å². The second-order valence-electron chi connectivity index (χ2n) is 5.70. The molecule has 1 heterocycles. The Morgan fingerprint density at radius 1 is 1.53 bits per heavy atom. The van der Waals surface area contributed by atoms with Crippen molar-refractivity contribution < 1.29 is 5.11 Å². The number of nitrogens with zero attached hydrogens (tertiary/aromatic N) is 1. The number of rotatable bonds is 5. The van der Waals surface area contributed by atoms with Crippen molar-refractivity contribution in [1.29, 1.82) is 0 Å². The first kappa shape index (κ1) is 12.7. The molecule has 0 amide bonds. The highest BCUT2D eigenvalue weighted by atomic mass is 16.3. The average molecular weight is 236 g/mol. The normalized spacial score (nSPS) is 26.8. The molecule has 2 atom stereocenters. The van der Waals surface area contributed by atoms with E-state index in [0.29, 0.717) is 6.04 Å². The average Bonchev–Trinajstić information content (AvgIpc) is 2.72. The minimum absolute atomic E-state index is 0.0161. The Labute approximate surface area is 104 Å². The Balaban J connectivity index is 1.88. The maximum Gasteiger partial charge on any atom is 0.0621 e. The summed E-state index contributed by atoms with van der Waals surface area (Å²) in [6, 6.07) is 4.71. The van der Waals surface area contributed by atoms with E-state index in [1.54, 1.807) is 0 Å². The van der Waals surface area contributed by atoms with E-state index in [1.807, 2.05) is 0 Å². The summed E-state index contributed by atoms with van der Waals surface area (Å²) in [6.45, 7) is 8.44. The van der Waals surface area contributed by atoms with Crippen molar-refractivity contribution in [3.8, 4) is 0 Å². The maximum atomic E-state index is 9.70. The summed E-state index contributed by atoms with van der Waals surface area (Å²) < 4.78 is 2.30. The van der Waals surface area contributed by atoms with Gasteiger partial charge in [0.15, 0.2) is 0 Å². The molecule has 1 saturated carbocycles. The molecule has 1 fully saturated rings. The lowest BCUT2D eigenvalue weighted by Crippen LogP contribution is -2.59. The van der Waals surface area contributed by atoms with Crippen LogP contribution in [0, 0.1) is 5.41 Å². The third-order valence-electron chi connectivity index (χ3n) is 4.13. The lowest BCUT2D eigenvalue weighted by molar-refractivity contribution is -0.0731. The number of aromatic nitrogens is 1. The number of hydrogen-bond acceptors (Lipinski definition) is 2. The van der Waals surface area contributed by atoms with E-state index in [1.165, 1.54) is 5.69 Å². The molecule has 0 aliphatic heterocycles. The van der Waals surface area contributed by atoms with Gasteiger partial charge >= 0.3 is 0 Å². The largest absolute Gasteiger partial charge is 0.392 e. The van der Waals surface area contributed by atoms with Gasteiger partial charge in [0.25, 0.3) is 0 Å². The quantitative estimate of drug-likeness (QED) is 0.822. The van der Waals surface area contributed by atoms with E-state index in [9.17, 15) is 5.11 Å². The van der Waals surface area contributed by atoms with Crippen LogP contribution in [-0.4, -0.2) is 21.8 Å². The van der Waals surface area contributed by atoms with E-state index in [4.69, 9.17) is 0 Å². The first-order valence-electron chi connectivity index (χ1n) is 6.61. The molecule has 1 aliphatic carbocycles. The lowest BCUT2D eigenvalue weighted by atomic mass is 9.64. The molecule has 2 N–H and O–H groups in total. The SMILES string of the molecule is CCCn1cccc1CNC1CC(O)C1(C)C. The second kappa shape index (κ2) is 4.83. The maximum absolute atomic E-state index is 9.70. The molecule has 0 radical (unpaired) electrons. The molecule has 17 heavy (non-hydrogen) atoms. The lowest BCUT2D eigenvalue weighted by Gasteiger charge is -2.49. The summed E-state index contributed by atoms with van der Waals surface area (Å²) in [5, 5.41) is 13.3. The van der Waals surface area contributed by atoms with Crippen molar-refractivity contribution in [2.45, 2.75) is 58.8 Å².